The Balaban J connectivity index is 0. The molecule has 16 valence electrons. The first kappa shape index (κ1) is 31.4. The predicted octanol–water partition coefficient (Wildman–Crippen LogP) is -6.55. The maximum absolute atomic E-state index is 0. The van der Waals surface area contributed by atoms with E-state index in [-0.39, 0.29) is 85.2 Å². The fraction of sp³-hybridized carbons (Fsp3) is 0. The van der Waals surface area contributed by atoms with Gasteiger partial charge in [-0.25, -0.2) is 0 Å². The second kappa shape index (κ2) is 17.8. The van der Waals surface area contributed by atoms with E-state index in [2.05, 4.69) is 0 Å². The number of rotatable bonds is 0. The van der Waals surface area contributed by atoms with Crippen molar-refractivity contribution in [3.8, 4) is 0 Å². The van der Waals surface area contributed by atoms with Gasteiger partial charge in [-0.1, -0.05) is 0 Å². The smallest absolute Gasteiger partial charge is 1.00 e. The Labute approximate surface area is 83.5 Å². The monoisotopic (exact) mass is 115 g/mol. The van der Waals surface area contributed by atoms with Gasteiger partial charge in [-0.3, -0.25) is 0 Å². The third-order valence-corrected chi connectivity index (χ3v) is 0. The molecule has 0 aliphatic carbocycles. The maximum Gasteiger partial charge on any atom is 2.00 e. The van der Waals surface area contributed by atoms with Crippen molar-refractivity contribution in [2.45, 2.75) is 0 Å². The number of hydrogen-bond acceptors (Lipinski definition) is 1. The second-order valence-corrected chi connectivity index (χ2v) is 0. The minimum Gasteiger partial charge on any atom is -1.00 e. The quantitative estimate of drug-likeness (QED) is 0.289. The van der Waals surface area contributed by atoms with E-state index in [9.17, 15) is 0 Å². The van der Waals surface area contributed by atoms with Crippen LogP contribution in [0.25, 0.3) is 0 Å². The third kappa shape index (κ3) is 8.82. The zero-order valence-electron chi connectivity index (χ0n) is 2.53. The van der Waals surface area contributed by atoms with Gasteiger partial charge in [0.1, 0.15) is 0 Å². The number of halogens is 1. The molecule has 4 heavy (non-hydrogen) atoms. The molecule has 0 radical (unpaired) electrons. The van der Waals surface area contributed by atoms with Gasteiger partial charge >= 0.3 is 67.3 Å². The summed E-state index contributed by atoms with van der Waals surface area (Å²) < 4.78 is 0. The van der Waals surface area contributed by atoms with Crippen LogP contribution in [0.3, 0.4) is 0 Å². The summed E-state index contributed by atoms with van der Waals surface area (Å²) >= 11 is 0. The van der Waals surface area contributed by atoms with Crippen LogP contribution in [0.4, 0.5) is 0 Å². The van der Waals surface area contributed by atoms with Gasteiger partial charge in [0.05, 0.1) is 0 Å². The van der Waals surface area contributed by atoms with Crippen LogP contribution in [0, 0.1) is 0 Å². The summed E-state index contributed by atoms with van der Waals surface area (Å²) in [5.74, 6) is 0. The molecular formula is HCaClNaO+. The van der Waals surface area contributed by atoms with Crippen LogP contribution < -0.4 is 42.0 Å². The number of hydrogen-bond donors (Lipinski definition) is 0. The molecule has 0 unspecified atom stereocenters. The first-order valence-corrected chi connectivity index (χ1v) is 0. The van der Waals surface area contributed by atoms with Crippen LogP contribution in [0.5, 0.6) is 0 Å². The van der Waals surface area contributed by atoms with Crippen molar-refractivity contribution < 1.29 is 47.4 Å². The zero-order valence-corrected chi connectivity index (χ0v) is 7.50. The molecule has 1 nitrogen and oxygen atoms in total. The van der Waals surface area contributed by atoms with Crippen LogP contribution in [0.1, 0.15) is 0 Å². The molecule has 0 heterocycles. The molecule has 0 aliphatic heterocycles. The Morgan fingerprint density at radius 3 is 1.00 bits per heavy atom. The molecule has 0 fully saturated rings. The Bertz CT molecular complexity index is 8.00. The van der Waals surface area contributed by atoms with Crippen molar-refractivity contribution in [3.63, 3.8) is 0 Å². The first-order valence-electron chi connectivity index (χ1n) is 0. The van der Waals surface area contributed by atoms with Crippen molar-refractivity contribution in [1.29, 1.82) is 0 Å². The van der Waals surface area contributed by atoms with Crippen LogP contribution >= 0.6 is 0 Å². The van der Waals surface area contributed by atoms with Crippen molar-refractivity contribution in [1.82, 2.24) is 0 Å². The average Bonchev–Trinajstić information content (AvgIpc) is 0. The van der Waals surface area contributed by atoms with Gasteiger partial charge in [-0.2, -0.15) is 0 Å². The average molecular weight is 116 g/mol. The summed E-state index contributed by atoms with van der Waals surface area (Å²) in [6.45, 7) is 0. The summed E-state index contributed by atoms with van der Waals surface area (Å²) in [4.78, 5) is 0. The van der Waals surface area contributed by atoms with E-state index in [4.69, 9.17) is 0 Å². The van der Waals surface area contributed by atoms with E-state index in [1.165, 1.54) is 0 Å². The van der Waals surface area contributed by atoms with Crippen molar-refractivity contribution in [2.75, 3.05) is 0 Å². The predicted molar refractivity (Wildman–Crippen MR) is 7.69 cm³/mol. The Morgan fingerprint density at radius 1 is 1.00 bits per heavy atom. The van der Waals surface area contributed by atoms with E-state index in [0.717, 1.165) is 0 Å². The van der Waals surface area contributed by atoms with E-state index in [1.807, 2.05) is 0 Å². The van der Waals surface area contributed by atoms with Gasteiger partial charge in [-0.15, -0.1) is 0 Å². The van der Waals surface area contributed by atoms with E-state index in [1.54, 1.807) is 0 Å². The minimum atomic E-state index is 0. The van der Waals surface area contributed by atoms with Crippen molar-refractivity contribution in [2.24, 2.45) is 0 Å². The van der Waals surface area contributed by atoms with Gasteiger partial charge < -0.3 is 17.9 Å². The molecule has 0 saturated carbocycles. The molecule has 0 aromatic heterocycles. The standard InChI is InChI=1S/Ca.ClH.Na.H2O/h;1H;;1H2/q+2;;+1;/p-2. The minimum absolute atomic E-state index is 0. The molecule has 0 aliphatic rings. The van der Waals surface area contributed by atoms with Gasteiger partial charge in [0.15, 0.2) is 0 Å². The molecule has 1 N–H and O–H groups in total. The molecule has 0 atom stereocenters. The Morgan fingerprint density at radius 2 is 1.00 bits per heavy atom. The van der Waals surface area contributed by atoms with E-state index in [0.29, 0.717) is 0 Å². The fourth-order valence-electron chi connectivity index (χ4n) is 0. The molecule has 0 rings (SSSR count). The summed E-state index contributed by atoms with van der Waals surface area (Å²) in [5, 5.41) is 0. The van der Waals surface area contributed by atoms with Crippen molar-refractivity contribution in [3.05, 3.63) is 0 Å². The Hall–Kier alpha value is 2.51. The molecule has 0 aromatic carbocycles. The molecule has 0 bridgehead atoms. The van der Waals surface area contributed by atoms with Crippen LogP contribution in [-0.4, -0.2) is 43.2 Å². The summed E-state index contributed by atoms with van der Waals surface area (Å²) in [6.07, 6.45) is 0. The van der Waals surface area contributed by atoms with Crippen LogP contribution in [0.15, 0.2) is 0 Å². The summed E-state index contributed by atoms with van der Waals surface area (Å²) in [7, 11) is 0. The SMILES string of the molecule is [Ca+2].[Cl-].[Na+].[OH-]. The maximum atomic E-state index is 0. The van der Waals surface area contributed by atoms with Gasteiger partial charge in [0.2, 0.25) is 0 Å². The Kier molecular flexibility index (Phi) is 140. The third-order valence-electron chi connectivity index (χ3n) is 0. The largest absolute Gasteiger partial charge is 2.00 e. The summed E-state index contributed by atoms with van der Waals surface area (Å²) in [6, 6.07) is 0. The molecule has 0 saturated heterocycles. The van der Waals surface area contributed by atoms with E-state index < -0.39 is 0 Å². The summed E-state index contributed by atoms with van der Waals surface area (Å²) in [5.41, 5.74) is 0. The normalized spacial score (nSPS) is 0. The molecular weight excluding hydrogens is 115 g/mol. The topological polar surface area (TPSA) is 30.0 Å². The molecule has 4 heteroatoms. The van der Waals surface area contributed by atoms with Gasteiger partial charge in [-0.05, 0) is 0 Å². The van der Waals surface area contributed by atoms with Gasteiger partial charge in [0, 0.05) is 0 Å². The molecule has 0 aromatic rings. The van der Waals surface area contributed by atoms with Crippen LogP contribution in [-0.2, 0) is 0 Å². The molecule has 0 amide bonds. The second-order valence-electron chi connectivity index (χ2n) is 0. The van der Waals surface area contributed by atoms with Gasteiger partial charge in [0.25, 0.3) is 0 Å². The van der Waals surface area contributed by atoms with Crippen molar-refractivity contribution >= 4 is 37.7 Å². The van der Waals surface area contributed by atoms with Crippen LogP contribution in [0.2, 0.25) is 0 Å². The molecule has 0 spiro atoms. The zero-order chi connectivity index (χ0) is 0. The first-order chi connectivity index (χ1) is 0. The fourth-order valence-corrected chi connectivity index (χ4v) is 0. The van der Waals surface area contributed by atoms with E-state index >= 15 is 0 Å².